The molecule has 0 radical (unpaired) electrons. The van der Waals surface area contributed by atoms with Crippen molar-refractivity contribution in [2.75, 3.05) is 6.61 Å². The number of ether oxygens (including phenoxy) is 2. The Hall–Kier alpha value is -1.82. The number of rotatable bonds is 6. The molecule has 1 heterocycles. The minimum absolute atomic E-state index is 0.148. The molecule has 0 aromatic carbocycles. The molecule has 0 atom stereocenters. The van der Waals surface area contributed by atoms with Crippen LogP contribution in [0.15, 0.2) is 23.9 Å². The fraction of sp³-hybridized carbons (Fsp3) is 0.538. The van der Waals surface area contributed by atoms with Gasteiger partial charge in [-0.15, -0.1) is 6.58 Å². The molecule has 1 aliphatic heterocycles. The second-order valence-electron chi connectivity index (χ2n) is 4.48. The van der Waals surface area contributed by atoms with Gasteiger partial charge in [0.15, 0.2) is 5.57 Å². The molecule has 0 amide bonds. The van der Waals surface area contributed by atoms with Crippen LogP contribution in [0.5, 0.6) is 0 Å². The summed E-state index contributed by atoms with van der Waals surface area (Å²) in [7, 11) is 0. The van der Waals surface area contributed by atoms with Crippen LogP contribution in [0.25, 0.3) is 0 Å². The van der Waals surface area contributed by atoms with E-state index >= 15 is 0 Å². The van der Waals surface area contributed by atoms with Crippen LogP contribution in [0, 0.1) is 0 Å². The molecule has 1 saturated heterocycles. The van der Waals surface area contributed by atoms with Crippen molar-refractivity contribution in [2.24, 2.45) is 0 Å². The molecule has 0 aromatic heterocycles. The van der Waals surface area contributed by atoms with Gasteiger partial charge in [0.25, 0.3) is 5.79 Å². The van der Waals surface area contributed by atoms with Crippen molar-refractivity contribution < 1.29 is 23.9 Å². The number of hydrogen-bond acceptors (Lipinski definition) is 6. The highest BCUT2D eigenvalue weighted by atomic mass is 16.7. The zero-order valence-electron chi connectivity index (χ0n) is 11.4. The predicted octanol–water partition coefficient (Wildman–Crippen LogP) is 1.58. The Morgan fingerprint density at radius 1 is 1.37 bits per heavy atom. The van der Waals surface area contributed by atoms with Gasteiger partial charge in [0, 0.05) is 13.8 Å². The van der Waals surface area contributed by atoms with Crippen molar-refractivity contribution in [3.05, 3.63) is 23.9 Å². The van der Waals surface area contributed by atoms with Gasteiger partial charge in [-0.3, -0.25) is 10.3 Å². The van der Waals surface area contributed by atoms with Crippen molar-refractivity contribution in [3.8, 4) is 0 Å². The molecular weight excluding hydrogens is 250 g/mol. The quantitative estimate of drug-likeness (QED) is 0.197. The van der Waals surface area contributed by atoms with Crippen LogP contribution in [0.1, 0.15) is 33.6 Å². The highest BCUT2D eigenvalue weighted by Gasteiger charge is 2.40. The number of nitrogens with one attached hydrogen (secondary N) is 1. The minimum atomic E-state index is -1.24. The van der Waals surface area contributed by atoms with Crippen molar-refractivity contribution in [3.63, 3.8) is 0 Å². The summed E-state index contributed by atoms with van der Waals surface area (Å²) >= 11 is 0. The molecule has 0 spiro atoms. The maximum atomic E-state index is 11.9. The standard InChI is InChI=1S/C13H19NO5/c1-5-7-9(14-17-8-6-2)10-11(15)18-13(3,4)19-12(10)16/h6,14H,2,5,7-8H2,1,3-4H3. The van der Waals surface area contributed by atoms with E-state index in [1.165, 1.54) is 13.8 Å². The fourth-order valence-electron chi connectivity index (χ4n) is 1.56. The van der Waals surface area contributed by atoms with E-state index < -0.39 is 17.7 Å². The zero-order valence-corrected chi connectivity index (χ0v) is 11.4. The van der Waals surface area contributed by atoms with Gasteiger partial charge in [-0.05, 0) is 6.42 Å². The van der Waals surface area contributed by atoms with Gasteiger partial charge in [0.05, 0.1) is 12.3 Å². The van der Waals surface area contributed by atoms with E-state index in [2.05, 4.69) is 12.1 Å². The lowest BCUT2D eigenvalue weighted by Crippen LogP contribution is -2.43. The number of allylic oxidation sites excluding steroid dienone is 1. The Balaban J connectivity index is 2.96. The van der Waals surface area contributed by atoms with Crippen LogP contribution in [0.4, 0.5) is 0 Å². The molecular formula is C13H19NO5. The first kappa shape index (κ1) is 15.2. The smallest absolute Gasteiger partial charge is 0.350 e. The summed E-state index contributed by atoms with van der Waals surface area (Å²) < 4.78 is 10.1. The monoisotopic (exact) mass is 269 g/mol. The van der Waals surface area contributed by atoms with E-state index in [0.29, 0.717) is 12.1 Å². The van der Waals surface area contributed by atoms with E-state index in [4.69, 9.17) is 14.3 Å². The maximum absolute atomic E-state index is 11.9. The molecule has 0 bridgehead atoms. The number of cyclic esters (lactones) is 2. The lowest BCUT2D eigenvalue weighted by atomic mass is 10.1. The average Bonchev–Trinajstić information content (AvgIpc) is 2.26. The van der Waals surface area contributed by atoms with Gasteiger partial charge in [0.1, 0.15) is 0 Å². The normalized spacial score (nSPS) is 17.5. The molecule has 1 N–H and O–H groups in total. The fourth-order valence-corrected chi connectivity index (χ4v) is 1.56. The summed E-state index contributed by atoms with van der Waals surface area (Å²) in [6, 6.07) is 0. The molecule has 106 valence electrons. The maximum Gasteiger partial charge on any atom is 0.350 e. The highest BCUT2D eigenvalue weighted by molar-refractivity contribution is 6.15. The first-order valence-corrected chi connectivity index (χ1v) is 6.09. The van der Waals surface area contributed by atoms with E-state index in [0.717, 1.165) is 6.42 Å². The second-order valence-corrected chi connectivity index (χ2v) is 4.48. The van der Waals surface area contributed by atoms with Gasteiger partial charge in [-0.1, -0.05) is 19.4 Å². The van der Waals surface area contributed by atoms with Crippen molar-refractivity contribution in [2.45, 2.75) is 39.4 Å². The second kappa shape index (κ2) is 6.38. The van der Waals surface area contributed by atoms with Crippen molar-refractivity contribution in [1.29, 1.82) is 0 Å². The molecule has 6 heteroatoms. The predicted molar refractivity (Wildman–Crippen MR) is 67.5 cm³/mol. The van der Waals surface area contributed by atoms with Crippen LogP contribution in [-0.2, 0) is 23.9 Å². The Bertz CT molecular complexity index is 389. The molecule has 1 fully saturated rings. The van der Waals surface area contributed by atoms with E-state index in [9.17, 15) is 9.59 Å². The molecule has 0 saturated carbocycles. The van der Waals surface area contributed by atoms with E-state index in [1.807, 2.05) is 6.92 Å². The third kappa shape index (κ3) is 4.10. The zero-order chi connectivity index (χ0) is 14.5. The van der Waals surface area contributed by atoms with Gasteiger partial charge < -0.3 is 9.47 Å². The van der Waals surface area contributed by atoms with E-state index in [-0.39, 0.29) is 12.2 Å². The summed E-state index contributed by atoms with van der Waals surface area (Å²) in [5.41, 5.74) is 2.79. The molecule has 1 aliphatic rings. The minimum Gasteiger partial charge on any atom is -0.419 e. The Morgan fingerprint density at radius 2 is 1.95 bits per heavy atom. The first-order chi connectivity index (χ1) is 8.91. The SMILES string of the molecule is C=CCONC(CCC)=C1C(=O)OC(C)(C)OC1=O. The lowest BCUT2D eigenvalue weighted by molar-refractivity contribution is -0.222. The topological polar surface area (TPSA) is 73.9 Å². The number of hydroxylamine groups is 1. The first-order valence-electron chi connectivity index (χ1n) is 6.09. The van der Waals surface area contributed by atoms with Gasteiger partial charge in [-0.2, -0.15) is 0 Å². The lowest BCUT2D eigenvalue weighted by Gasteiger charge is -2.30. The van der Waals surface area contributed by atoms with Crippen molar-refractivity contribution >= 4 is 11.9 Å². The summed E-state index contributed by atoms with van der Waals surface area (Å²) in [5.74, 6) is -2.66. The van der Waals surface area contributed by atoms with Crippen molar-refractivity contribution in [1.82, 2.24) is 5.48 Å². The number of esters is 2. The van der Waals surface area contributed by atoms with Crippen LogP contribution in [-0.4, -0.2) is 24.3 Å². The number of carbonyl (C=O) groups is 2. The number of hydrogen-bond donors (Lipinski definition) is 1. The number of carbonyl (C=O) groups excluding carboxylic acids is 2. The molecule has 0 unspecified atom stereocenters. The van der Waals surface area contributed by atoms with Crippen LogP contribution in [0.3, 0.4) is 0 Å². The third-order valence-corrected chi connectivity index (χ3v) is 2.28. The molecule has 1 rings (SSSR count). The average molecular weight is 269 g/mol. The summed E-state index contributed by atoms with van der Waals surface area (Å²) in [6.45, 7) is 8.66. The molecule has 19 heavy (non-hydrogen) atoms. The third-order valence-electron chi connectivity index (χ3n) is 2.28. The summed E-state index contributed by atoms with van der Waals surface area (Å²) in [6.07, 6.45) is 2.74. The summed E-state index contributed by atoms with van der Waals surface area (Å²) in [5, 5.41) is 0. The molecule has 6 nitrogen and oxygen atoms in total. The largest absolute Gasteiger partial charge is 0.419 e. The van der Waals surface area contributed by atoms with Crippen LogP contribution < -0.4 is 5.48 Å². The van der Waals surface area contributed by atoms with Gasteiger partial charge in [-0.25, -0.2) is 9.59 Å². The molecule has 0 aliphatic carbocycles. The Kier molecular flexibility index (Phi) is 5.11. The summed E-state index contributed by atoms with van der Waals surface area (Å²) in [4.78, 5) is 28.8. The van der Waals surface area contributed by atoms with Crippen LogP contribution in [0.2, 0.25) is 0 Å². The Morgan fingerprint density at radius 3 is 2.42 bits per heavy atom. The van der Waals surface area contributed by atoms with Gasteiger partial charge >= 0.3 is 11.9 Å². The van der Waals surface area contributed by atoms with Gasteiger partial charge in [0.2, 0.25) is 0 Å². The highest BCUT2D eigenvalue weighted by Crippen LogP contribution is 2.25. The van der Waals surface area contributed by atoms with Crippen LogP contribution >= 0.6 is 0 Å². The molecule has 0 aromatic rings. The van der Waals surface area contributed by atoms with E-state index in [1.54, 1.807) is 6.08 Å². The Labute approximate surface area is 112 Å².